The number of allylic oxidation sites excluding steroid dienone is 5. The maximum Gasteiger partial charge on any atom is 0.0529 e. The highest BCUT2D eigenvalue weighted by Gasteiger charge is 2.27. The molecule has 1 aromatic heterocycles. The van der Waals surface area contributed by atoms with Gasteiger partial charge in [-0.05, 0) is 43.5 Å². The summed E-state index contributed by atoms with van der Waals surface area (Å²) in [5.41, 5.74) is 8.14. The Morgan fingerprint density at radius 3 is 2.86 bits per heavy atom. The van der Waals surface area contributed by atoms with Gasteiger partial charge in [0.05, 0.1) is 5.69 Å². The van der Waals surface area contributed by atoms with E-state index >= 15 is 0 Å². The lowest BCUT2D eigenvalue weighted by molar-refractivity contribution is 0.645. The highest BCUT2D eigenvalue weighted by Crippen LogP contribution is 2.42. The number of nitrogens with zero attached hydrogens (tertiary/aromatic N) is 1. The van der Waals surface area contributed by atoms with E-state index in [0.29, 0.717) is 0 Å². The molecule has 0 spiro atoms. The summed E-state index contributed by atoms with van der Waals surface area (Å²) in [6.07, 6.45) is 9.85. The molecule has 1 aliphatic rings. The average molecular weight is 291 g/mol. The normalized spacial score (nSPS) is 16.3. The van der Waals surface area contributed by atoms with Gasteiger partial charge in [-0.15, -0.1) is 0 Å². The molecule has 1 aliphatic carbocycles. The summed E-state index contributed by atoms with van der Waals surface area (Å²) in [6.45, 7) is 11.9. The molecule has 0 unspecified atom stereocenters. The number of hydrogen-bond acceptors (Lipinski definition) is 0. The summed E-state index contributed by atoms with van der Waals surface area (Å²) in [5, 5.41) is 1.41. The van der Waals surface area contributed by atoms with E-state index in [4.69, 9.17) is 0 Å². The standard InChI is InChI=1S/C21H25N/c1-5-7-9-17-16(4)14-19-18-13-15(3)10-11-20(18)22(21(17)19)12-8-6-2/h5,7,9-11,13H,4,6,8,12,14H2,1-3H3/b7-5-,17-9+. The minimum Gasteiger partial charge on any atom is -0.340 e. The van der Waals surface area contributed by atoms with Crippen LogP contribution in [0.25, 0.3) is 16.5 Å². The van der Waals surface area contributed by atoms with Gasteiger partial charge in [0.2, 0.25) is 0 Å². The minimum atomic E-state index is 0.984. The fourth-order valence-corrected chi connectivity index (χ4v) is 3.44. The summed E-state index contributed by atoms with van der Waals surface area (Å²) in [7, 11) is 0. The van der Waals surface area contributed by atoms with Crippen LogP contribution >= 0.6 is 0 Å². The van der Waals surface area contributed by atoms with Crippen molar-refractivity contribution in [1.82, 2.24) is 4.57 Å². The van der Waals surface area contributed by atoms with Crippen molar-refractivity contribution in [3.63, 3.8) is 0 Å². The van der Waals surface area contributed by atoms with Crippen molar-refractivity contribution >= 4 is 16.5 Å². The molecule has 0 atom stereocenters. The van der Waals surface area contributed by atoms with E-state index in [1.807, 2.05) is 0 Å². The maximum atomic E-state index is 4.31. The first-order valence-corrected chi connectivity index (χ1v) is 8.30. The van der Waals surface area contributed by atoms with E-state index in [1.165, 1.54) is 51.7 Å². The van der Waals surface area contributed by atoms with Crippen LogP contribution in [0.1, 0.15) is 43.5 Å². The number of rotatable bonds is 4. The third kappa shape index (κ3) is 2.35. The first-order chi connectivity index (χ1) is 10.7. The highest BCUT2D eigenvalue weighted by molar-refractivity contribution is 5.98. The quantitative estimate of drug-likeness (QED) is 0.668. The molecule has 0 amide bonds. The fourth-order valence-electron chi connectivity index (χ4n) is 3.44. The molecular formula is C21H25N. The van der Waals surface area contributed by atoms with Gasteiger partial charge in [0.1, 0.15) is 0 Å². The molecule has 0 fully saturated rings. The topological polar surface area (TPSA) is 4.93 Å². The molecule has 1 heteroatoms. The third-order valence-electron chi connectivity index (χ3n) is 4.54. The van der Waals surface area contributed by atoms with Crippen molar-refractivity contribution in [3.05, 3.63) is 65.4 Å². The Balaban J connectivity index is 2.27. The van der Waals surface area contributed by atoms with E-state index in [1.54, 1.807) is 0 Å². The van der Waals surface area contributed by atoms with Crippen molar-refractivity contribution < 1.29 is 0 Å². The van der Waals surface area contributed by atoms with E-state index in [9.17, 15) is 0 Å². The molecule has 0 saturated carbocycles. The molecule has 0 saturated heterocycles. The molecule has 2 aromatic rings. The summed E-state index contributed by atoms with van der Waals surface area (Å²) < 4.78 is 2.51. The van der Waals surface area contributed by atoms with E-state index in [2.05, 4.69) is 68.3 Å². The van der Waals surface area contributed by atoms with Gasteiger partial charge in [0, 0.05) is 29.4 Å². The summed E-state index contributed by atoms with van der Waals surface area (Å²) in [4.78, 5) is 0. The molecule has 114 valence electrons. The fraction of sp³-hybridized carbons (Fsp3) is 0.333. The molecule has 0 bridgehead atoms. The zero-order valence-corrected chi connectivity index (χ0v) is 13.9. The van der Waals surface area contributed by atoms with Crippen LogP contribution in [-0.2, 0) is 13.0 Å². The lowest BCUT2D eigenvalue weighted by Crippen LogP contribution is -2.01. The van der Waals surface area contributed by atoms with Crippen molar-refractivity contribution in [3.8, 4) is 0 Å². The first-order valence-electron chi connectivity index (χ1n) is 8.30. The SMILES string of the molecule is C=C1Cc2c(n(CCCC)c3ccc(C)cc23)/C1=C/C=C\C. The van der Waals surface area contributed by atoms with E-state index in [0.717, 1.165) is 13.0 Å². The van der Waals surface area contributed by atoms with E-state index in [-0.39, 0.29) is 0 Å². The molecule has 22 heavy (non-hydrogen) atoms. The monoisotopic (exact) mass is 291 g/mol. The van der Waals surface area contributed by atoms with Crippen LogP contribution in [0.2, 0.25) is 0 Å². The second kappa shape index (κ2) is 6.00. The van der Waals surface area contributed by atoms with Crippen LogP contribution in [0.5, 0.6) is 0 Å². The number of fused-ring (bicyclic) bond motifs is 3. The number of benzene rings is 1. The van der Waals surface area contributed by atoms with Crippen LogP contribution in [-0.4, -0.2) is 4.57 Å². The zero-order valence-electron chi connectivity index (χ0n) is 13.9. The average Bonchev–Trinajstić information content (AvgIpc) is 2.97. The Morgan fingerprint density at radius 2 is 2.14 bits per heavy atom. The van der Waals surface area contributed by atoms with Gasteiger partial charge in [0.25, 0.3) is 0 Å². The minimum absolute atomic E-state index is 0.984. The number of hydrogen-bond donors (Lipinski definition) is 0. The van der Waals surface area contributed by atoms with Crippen LogP contribution < -0.4 is 0 Å². The molecule has 3 rings (SSSR count). The van der Waals surface area contributed by atoms with Crippen molar-refractivity contribution in [2.24, 2.45) is 0 Å². The Hall–Kier alpha value is -2.02. The lowest BCUT2D eigenvalue weighted by Gasteiger charge is -2.11. The van der Waals surface area contributed by atoms with Crippen molar-refractivity contribution in [1.29, 1.82) is 0 Å². The third-order valence-corrected chi connectivity index (χ3v) is 4.54. The van der Waals surface area contributed by atoms with Gasteiger partial charge in [-0.1, -0.05) is 49.8 Å². The predicted octanol–water partition coefficient (Wildman–Crippen LogP) is 5.82. The van der Waals surface area contributed by atoms with Crippen molar-refractivity contribution in [2.45, 2.75) is 46.6 Å². The van der Waals surface area contributed by atoms with Crippen LogP contribution in [0, 0.1) is 6.92 Å². The number of aryl methyl sites for hydroxylation is 2. The van der Waals surface area contributed by atoms with E-state index < -0.39 is 0 Å². The van der Waals surface area contributed by atoms with Crippen molar-refractivity contribution in [2.75, 3.05) is 0 Å². The molecule has 1 heterocycles. The van der Waals surface area contributed by atoms with Gasteiger partial charge in [0.15, 0.2) is 0 Å². The highest BCUT2D eigenvalue weighted by atomic mass is 15.0. The smallest absolute Gasteiger partial charge is 0.0529 e. The molecule has 1 nitrogen and oxygen atoms in total. The Morgan fingerprint density at radius 1 is 1.32 bits per heavy atom. The molecule has 0 N–H and O–H groups in total. The second-order valence-electron chi connectivity index (χ2n) is 6.24. The first kappa shape index (κ1) is 14.9. The molecule has 1 aromatic carbocycles. The zero-order chi connectivity index (χ0) is 15.7. The molecule has 0 aliphatic heterocycles. The molecular weight excluding hydrogens is 266 g/mol. The summed E-state index contributed by atoms with van der Waals surface area (Å²) >= 11 is 0. The van der Waals surface area contributed by atoms with Gasteiger partial charge in [-0.25, -0.2) is 0 Å². The van der Waals surface area contributed by atoms with Crippen LogP contribution in [0.3, 0.4) is 0 Å². The molecule has 0 radical (unpaired) electrons. The second-order valence-corrected chi connectivity index (χ2v) is 6.24. The number of unbranched alkanes of at least 4 members (excludes halogenated alkanes) is 1. The van der Waals surface area contributed by atoms with Gasteiger partial charge >= 0.3 is 0 Å². The van der Waals surface area contributed by atoms with Gasteiger partial charge in [-0.2, -0.15) is 0 Å². The number of aromatic nitrogens is 1. The largest absolute Gasteiger partial charge is 0.340 e. The lowest BCUT2D eigenvalue weighted by atomic mass is 10.1. The Kier molecular flexibility index (Phi) is 4.06. The predicted molar refractivity (Wildman–Crippen MR) is 97.2 cm³/mol. The Labute approximate surface area is 133 Å². The summed E-state index contributed by atoms with van der Waals surface area (Å²) in [6, 6.07) is 6.85. The van der Waals surface area contributed by atoms with Crippen LogP contribution in [0.4, 0.5) is 0 Å². The maximum absolute atomic E-state index is 4.31. The Bertz CT molecular complexity index is 784. The van der Waals surface area contributed by atoms with Crippen LogP contribution in [0.15, 0.2) is 48.6 Å². The van der Waals surface area contributed by atoms with Gasteiger partial charge < -0.3 is 4.57 Å². The van der Waals surface area contributed by atoms with Gasteiger partial charge in [-0.3, -0.25) is 0 Å². The summed E-state index contributed by atoms with van der Waals surface area (Å²) in [5.74, 6) is 0.